The van der Waals surface area contributed by atoms with E-state index in [4.69, 9.17) is 4.74 Å². The molecule has 1 atom stereocenters. The van der Waals surface area contributed by atoms with E-state index in [9.17, 15) is 13.2 Å². The summed E-state index contributed by atoms with van der Waals surface area (Å²) in [6.45, 7) is 7.09. The van der Waals surface area contributed by atoms with Crippen LogP contribution in [-0.4, -0.2) is 19.2 Å². The molecule has 1 aromatic rings. The van der Waals surface area contributed by atoms with E-state index in [-0.39, 0.29) is 17.8 Å². The molecule has 5 heteroatoms. The second-order valence-corrected chi connectivity index (χ2v) is 4.70. The van der Waals surface area contributed by atoms with Gasteiger partial charge in [0.1, 0.15) is 11.9 Å². The Morgan fingerprint density at radius 2 is 1.84 bits per heavy atom. The Kier molecular flexibility index (Phi) is 5.66. The summed E-state index contributed by atoms with van der Waals surface area (Å²) in [6.07, 6.45) is -4.68. The highest BCUT2D eigenvalue weighted by Gasteiger charge is 2.34. The van der Waals surface area contributed by atoms with Crippen molar-refractivity contribution in [2.45, 2.75) is 33.1 Å². The van der Waals surface area contributed by atoms with Crippen LogP contribution < -0.4 is 10.1 Å². The van der Waals surface area contributed by atoms with Gasteiger partial charge in [0.25, 0.3) is 0 Å². The summed E-state index contributed by atoms with van der Waals surface area (Å²) in [6, 6.07) is 5.32. The molecule has 0 aliphatic carbocycles. The average Bonchev–Trinajstić information content (AvgIpc) is 2.33. The van der Waals surface area contributed by atoms with Crippen molar-refractivity contribution in [3.05, 3.63) is 29.8 Å². The third-order valence-corrected chi connectivity index (χ3v) is 2.81. The predicted octanol–water partition coefficient (Wildman–Crippen LogP) is 3.72. The van der Waals surface area contributed by atoms with E-state index in [2.05, 4.69) is 5.32 Å². The maximum atomic E-state index is 12.9. The normalized spacial score (nSPS) is 13.6. The fourth-order valence-electron chi connectivity index (χ4n) is 1.67. The topological polar surface area (TPSA) is 21.3 Å². The van der Waals surface area contributed by atoms with Gasteiger partial charge in [-0.2, -0.15) is 13.2 Å². The zero-order valence-electron chi connectivity index (χ0n) is 11.4. The smallest absolute Gasteiger partial charge is 0.419 e. The molecule has 0 saturated heterocycles. The molecule has 0 heterocycles. The summed E-state index contributed by atoms with van der Waals surface area (Å²) < 4.78 is 44.1. The first-order valence-electron chi connectivity index (χ1n) is 6.39. The first-order valence-corrected chi connectivity index (χ1v) is 6.39. The molecule has 0 spiro atoms. The molecule has 2 nitrogen and oxygen atoms in total. The minimum atomic E-state index is -4.39. The van der Waals surface area contributed by atoms with Crippen molar-refractivity contribution in [1.82, 2.24) is 5.32 Å². The molecular formula is C14H20F3NO. The number of alkyl halides is 3. The summed E-state index contributed by atoms with van der Waals surface area (Å²) in [4.78, 5) is 0. The van der Waals surface area contributed by atoms with Gasteiger partial charge in [-0.15, -0.1) is 0 Å². The molecule has 0 fully saturated rings. The van der Waals surface area contributed by atoms with Crippen LogP contribution in [0, 0.1) is 5.92 Å². The monoisotopic (exact) mass is 275 g/mol. The fourth-order valence-corrected chi connectivity index (χ4v) is 1.67. The summed E-state index contributed by atoms with van der Waals surface area (Å²) in [5, 5.41) is 3.10. The second-order valence-electron chi connectivity index (χ2n) is 4.70. The Morgan fingerprint density at radius 1 is 1.21 bits per heavy atom. The number of halogens is 3. The van der Waals surface area contributed by atoms with Crippen molar-refractivity contribution in [2.24, 2.45) is 5.92 Å². The molecule has 108 valence electrons. The maximum Gasteiger partial charge on any atom is 0.419 e. The van der Waals surface area contributed by atoms with Gasteiger partial charge in [0.15, 0.2) is 0 Å². The molecule has 0 bridgehead atoms. The third-order valence-electron chi connectivity index (χ3n) is 2.81. The van der Waals surface area contributed by atoms with Gasteiger partial charge in [-0.25, -0.2) is 0 Å². The molecule has 0 aromatic heterocycles. The largest absolute Gasteiger partial charge is 0.488 e. The van der Waals surface area contributed by atoms with E-state index < -0.39 is 11.7 Å². The van der Waals surface area contributed by atoms with Crippen LogP contribution in [0.2, 0.25) is 0 Å². The zero-order chi connectivity index (χ0) is 14.5. The predicted molar refractivity (Wildman–Crippen MR) is 69.2 cm³/mol. The summed E-state index contributed by atoms with van der Waals surface area (Å²) in [7, 11) is 0. The van der Waals surface area contributed by atoms with E-state index in [0.717, 1.165) is 12.6 Å². The van der Waals surface area contributed by atoms with Gasteiger partial charge in [0.05, 0.1) is 5.56 Å². The lowest BCUT2D eigenvalue weighted by molar-refractivity contribution is -0.139. The van der Waals surface area contributed by atoms with Crippen molar-refractivity contribution in [2.75, 3.05) is 13.1 Å². The Labute approximate surface area is 112 Å². The summed E-state index contributed by atoms with van der Waals surface area (Å²) in [5.74, 6) is 0.0203. The lowest BCUT2D eigenvalue weighted by Crippen LogP contribution is -2.35. The first kappa shape index (κ1) is 15.8. The molecule has 0 radical (unpaired) electrons. The first-order chi connectivity index (χ1) is 8.86. The molecule has 0 aliphatic heterocycles. The average molecular weight is 275 g/mol. The quantitative estimate of drug-likeness (QED) is 0.854. The number of ether oxygens (including phenoxy) is 1. The lowest BCUT2D eigenvalue weighted by Gasteiger charge is -2.24. The molecule has 1 aromatic carbocycles. The van der Waals surface area contributed by atoms with E-state index in [0.29, 0.717) is 6.54 Å². The lowest BCUT2D eigenvalue weighted by atomic mass is 10.1. The molecule has 1 N–H and O–H groups in total. The van der Waals surface area contributed by atoms with Crippen LogP contribution >= 0.6 is 0 Å². The van der Waals surface area contributed by atoms with E-state index >= 15 is 0 Å². The Balaban J connectivity index is 2.90. The third kappa shape index (κ3) is 4.74. The zero-order valence-corrected chi connectivity index (χ0v) is 11.4. The minimum Gasteiger partial charge on any atom is -0.488 e. The van der Waals surface area contributed by atoms with Crippen molar-refractivity contribution < 1.29 is 17.9 Å². The standard InChI is InChI=1S/C14H20F3NO/c1-4-18-9-13(10(2)3)19-12-8-6-5-7-11(12)14(15,16)17/h5-8,10,13,18H,4,9H2,1-3H3. The SMILES string of the molecule is CCNCC(Oc1ccccc1C(F)(F)F)C(C)C. The van der Waals surface area contributed by atoms with Crippen molar-refractivity contribution >= 4 is 0 Å². The number of hydrogen-bond donors (Lipinski definition) is 1. The fraction of sp³-hybridized carbons (Fsp3) is 0.571. The minimum absolute atomic E-state index is 0.105. The highest BCUT2D eigenvalue weighted by atomic mass is 19.4. The highest BCUT2D eigenvalue weighted by Crippen LogP contribution is 2.36. The second kappa shape index (κ2) is 6.80. The highest BCUT2D eigenvalue weighted by molar-refractivity contribution is 5.35. The van der Waals surface area contributed by atoms with E-state index in [1.165, 1.54) is 12.1 Å². The van der Waals surface area contributed by atoms with Crippen LogP contribution in [0.4, 0.5) is 13.2 Å². The summed E-state index contributed by atoms with van der Waals surface area (Å²) >= 11 is 0. The number of hydrogen-bond acceptors (Lipinski definition) is 2. The number of nitrogens with one attached hydrogen (secondary N) is 1. The van der Waals surface area contributed by atoms with Gasteiger partial charge in [0, 0.05) is 6.54 Å². The van der Waals surface area contributed by atoms with Crippen LogP contribution in [-0.2, 0) is 6.18 Å². The summed E-state index contributed by atoms with van der Waals surface area (Å²) in [5.41, 5.74) is -0.725. The molecule has 0 amide bonds. The van der Waals surface area contributed by atoms with Gasteiger partial charge >= 0.3 is 6.18 Å². The molecule has 1 rings (SSSR count). The molecule has 1 unspecified atom stereocenters. The van der Waals surface area contributed by atoms with Crippen molar-refractivity contribution in [1.29, 1.82) is 0 Å². The Morgan fingerprint density at radius 3 is 2.37 bits per heavy atom. The van der Waals surface area contributed by atoms with Gasteiger partial charge in [-0.3, -0.25) is 0 Å². The van der Waals surface area contributed by atoms with Gasteiger partial charge in [-0.05, 0) is 24.6 Å². The van der Waals surface area contributed by atoms with Crippen LogP contribution in [0.3, 0.4) is 0 Å². The Bertz CT molecular complexity index is 391. The molecule has 19 heavy (non-hydrogen) atoms. The van der Waals surface area contributed by atoms with Crippen molar-refractivity contribution in [3.8, 4) is 5.75 Å². The van der Waals surface area contributed by atoms with Crippen LogP contribution in [0.1, 0.15) is 26.3 Å². The number of rotatable bonds is 6. The van der Waals surface area contributed by atoms with Gasteiger partial charge in [0.2, 0.25) is 0 Å². The Hall–Kier alpha value is -1.23. The van der Waals surface area contributed by atoms with Gasteiger partial charge < -0.3 is 10.1 Å². The number of para-hydroxylation sites is 1. The van der Waals surface area contributed by atoms with Crippen molar-refractivity contribution in [3.63, 3.8) is 0 Å². The number of likely N-dealkylation sites (N-methyl/N-ethyl adjacent to an activating group) is 1. The van der Waals surface area contributed by atoms with Crippen LogP contribution in [0.15, 0.2) is 24.3 Å². The van der Waals surface area contributed by atoms with Crippen LogP contribution in [0.5, 0.6) is 5.75 Å². The molecular weight excluding hydrogens is 255 g/mol. The molecule has 0 aliphatic rings. The van der Waals surface area contributed by atoms with E-state index in [1.807, 2.05) is 20.8 Å². The maximum absolute atomic E-state index is 12.9. The van der Waals surface area contributed by atoms with E-state index in [1.54, 1.807) is 6.07 Å². The van der Waals surface area contributed by atoms with Crippen LogP contribution in [0.25, 0.3) is 0 Å². The number of benzene rings is 1. The molecule has 0 saturated carbocycles. The van der Waals surface area contributed by atoms with Gasteiger partial charge in [-0.1, -0.05) is 32.9 Å².